The summed E-state index contributed by atoms with van der Waals surface area (Å²) in [5.41, 5.74) is 0. The van der Waals surface area contributed by atoms with Gasteiger partial charge >= 0.3 is 0 Å². The summed E-state index contributed by atoms with van der Waals surface area (Å²) in [5, 5.41) is 0. The lowest BCUT2D eigenvalue weighted by atomic mass is 10.3. The lowest BCUT2D eigenvalue weighted by molar-refractivity contribution is 0.0819. The van der Waals surface area contributed by atoms with E-state index in [1.165, 1.54) is 0 Å². The monoisotopic (exact) mass is 268 g/mol. The zero-order chi connectivity index (χ0) is 14.2. The van der Waals surface area contributed by atoms with Crippen LogP contribution in [0.4, 0.5) is 0 Å². The van der Waals surface area contributed by atoms with Gasteiger partial charge in [0.2, 0.25) is 0 Å². The second kappa shape index (κ2) is 15.0. The molecule has 1 rings (SSSR count). The molecule has 0 heterocycles. The highest BCUT2D eigenvalue weighted by Gasteiger charge is 1.93. The Morgan fingerprint density at radius 3 is 2.00 bits per heavy atom. The van der Waals surface area contributed by atoms with Gasteiger partial charge in [-0.3, -0.25) is 0 Å². The molecule has 0 bridgehead atoms. The van der Waals surface area contributed by atoms with Crippen molar-refractivity contribution in [1.82, 2.24) is 0 Å². The van der Waals surface area contributed by atoms with Crippen LogP contribution < -0.4 is 4.74 Å². The molecule has 0 N–H and O–H groups in total. The summed E-state index contributed by atoms with van der Waals surface area (Å²) >= 11 is 0. The third-order valence-electron chi connectivity index (χ3n) is 2.23. The number of hydrogen-bond acceptors (Lipinski definition) is 3. The third-order valence-corrected chi connectivity index (χ3v) is 2.23. The first-order valence-electron chi connectivity index (χ1n) is 7.27. The molecule has 0 amide bonds. The molecule has 0 aliphatic heterocycles. The minimum absolute atomic E-state index is 0.704. The first-order chi connectivity index (χ1) is 9.43. The summed E-state index contributed by atoms with van der Waals surface area (Å²) < 4.78 is 16.2. The van der Waals surface area contributed by atoms with E-state index in [2.05, 4.69) is 0 Å². The average molecular weight is 268 g/mol. The van der Waals surface area contributed by atoms with Crippen LogP contribution in [0.3, 0.4) is 0 Å². The first kappa shape index (κ1) is 17.9. The number of benzene rings is 1. The zero-order valence-corrected chi connectivity index (χ0v) is 12.6. The number of hydrogen-bond donors (Lipinski definition) is 0. The van der Waals surface area contributed by atoms with Gasteiger partial charge in [-0.15, -0.1) is 0 Å². The van der Waals surface area contributed by atoms with E-state index in [1.807, 2.05) is 51.1 Å². The Labute approximate surface area is 117 Å². The summed E-state index contributed by atoms with van der Waals surface area (Å²) in [5.74, 6) is 0.920. The maximum Gasteiger partial charge on any atom is 0.119 e. The van der Waals surface area contributed by atoms with E-state index >= 15 is 0 Å². The Morgan fingerprint density at radius 1 is 0.789 bits per heavy atom. The van der Waals surface area contributed by atoms with Gasteiger partial charge in [0.15, 0.2) is 0 Å². The Morgan fingerprint density at radius 2 is 1.37 bits per heavy atom. The molecule has 0 saturated heterocycles. The largest absolute Gasteiger partial charge is 0.494 e. The van der Waals surface area contributed by atoms with Crippen LogP contribution in [0.25, 0.3) is 0 Å². The van der Waals surface area contributed by atoms with E-state index in [4.69, 9.17) is 14.2 Å². The van der Waals surface area contributed by atoms with Crippen LogP contribution in [-0.2, 0) is 9.47 Å². The fourth-order valence-electron chi connectivity index (χ4n) is 1.38. The van der Waals surface area contributed by atoms with Gasteiger partial charge in [-0.1, -0.05) is 32.0 Å². The topological polar surface area (TPSA) is 27.7 Å². The van der Waals surface area contributed by atoms with Gasteiger partial charge in [-0.2, -0.15) is 0 Å². The van der Waals surface area contributed by atoms with Crippen LogP contribution in [0.1, 0.15) is 33.6 Å². The summed E-state index contributed by atoms with van der Waals surface area (Å²) in [7, 11) is 0. The fraction of sp³-hybridized carbons (Fsp3) is 0.625. The summed E-state index contributed by atoms with van der Waals surface area (Å²) in [6.45, 7) is 9.80. The highest BCUT2D eigenvalue weighted by atomic mass is 16.5. The van der Waals surface area contributed by atoms with E-state index in [1.54, 1.807) is 0 Å². The maximum atomic E-state index is 5.55. The quantitative estimate of drug-likeness (QED) is 0.602. The Kier molecular flexibility index (Phi) is 14.2. The minimum atomic E-state index is 0.704. The van der Waals surface area contributed by atoms with Crippen LogP contribution in [0.2, 0.25) is 0 Å². The van der Waals surface area contributed by atoms with Gasteiger partial charge in [0.1, 0.15) is 5.75 Å². The minimum Gasteiger partial charge on any atom is -0.494 e. The predicted octanol–water partition coefficient (Wildman–Crippen LogP) is 3.92. The van der Waals surface area contributed by atoms with Crippen molar-refractivity contribution < 1.29 is 14.2 Å². The molecule has 0 atom stereocenters. The van der Waals surface area contributed by atoms with Crippen molar-refractivity contribution in [3.05, 3.63) is 30.3 Å². The highest BCUT2D eigenvalue weighted by molar-refractivity contribution is 5.20. The molecule has 0 unspecified atom stereocenters. The van der Waals surface area contributed by atoms with Crippen molar-refractivity contribution in [2.24, 2.45) is 0 Å². The summed E-state index contributed by atoms with van der Waals surface area (Å²) in [4.78, 5) is 0. The molecule has 0 fully saturated rings. The van der Waals surface area contributed by atoms with E-state index < -0.39 is 0 Å². The van der Waals surface area contributed by atoms with E-state index in [0.717, 1.165) is 45.0 Å². The lowest BCUT2D eigenvalue weighted by Gasteiger charge is -2.06. The molecule has 0 radical (unpaired) electrons. The Balaban J connectivity index is 0.00000154. The SMILES string of the molecule is CC.CCOCCCOCCCOc1ccccc1. The molecule has 19 heavy (non-hydrogen) atoms. The molecular formula is C16H28O3. The summed E-state index contributed by atoms with van der Waals surface area (Å²) in [6, 6.07) is 9.85. The van der Waals surface area contributed by atoms with Gasteiger partial charge in [0.05, 0.1) is 6.61 Å². The lowest BCUT2D eigenvalue weighted by Crippen LogP contribution is -2.05. The molecule has 3 nitrogen and oxygen atoms in total. The Bertz CT molecular complexity index is 262. The van der Waals surface area contributed by atoms with E-state index in [0.29, 0.717) is 6.61 Å². The smallest absolute Gasteiger partial charge is 0.119 e. The first-order valence-corrected chi connectivity index (χ1v) is 7.27. The maximum absolute atomic E-state index is 5.55. The summed E-state index contributed by atoms with van der Waals surface area (Å²) in [6.07, 6.45) is 1.89. The van der Waals surface area contributed by atoms with Crippen LogP contribution >= 0.6 is 0 Å². The van der Waals surface area contributed by atoms with Gasteiger partial charge in [0.25, 0.3) is 0 Å². The van der Waals surface area contributed by atoms with Crippen LogP contribution in [0, 0.1) is 0 Å². The molecule has 110 valence electrons. The van der Waals surface area contributed by atoms with Crippen LogP contribution in [-0.4, -0.2) is 33.0 Å². The molecule has 1 aromatic rings. The standard InChI is InChI=1S/C14H22O3.C2H6/c1-2-15-10-6-11-16-12-7-13-17-14-8-4-3-5-9-14;1-2/h3-5,8-9H,2,6-7,10-13H2,1H3;1-2H3. The van der Waals surface area contributed by atoms with Gasteiger partial charge in [-0.25, -0.2) is 0 Å². The van der Waals surface area contributed by atoms with Crippen LogP contribution in [0.5, 0.6) is 5.75 Å². The molecule has 0 aliphatic rings. The third kappa shape index (κ3) is 11.7. The van der Waals surface area contributed by atoms with Gasteiger partial charge < -0.3 is 14.2 Å². The molecule has 0 aromatic heterocycles. The fourth-order valence-corrected chi connectivity index (χ4v) is 1.38. The van der Waals surface area contributed by atoms with Crippen molar-refractivity contribution in [3.8, 4) is 5.75 Å². The average Bonchev–Trinajstić information content (AvgIpc) is 2.49. The zero-order valence-electron chi connectivity index (χ0n) is 12.6. The molecule has 3 heteroatoms. The van der Waals surface area contributed by atoms with Gasteiger partial charge in [-0.05, 0) is 25.5 Å². The predicted molar refractivity (Wildman–Crippen MR) is 79.8 cm³/mol. The highest BCUT2D eigenvalue weighted by Crippen LogP contribution is 2.08. The Hall–Kier alpha value is -1.06. The number of para-hydroxylation sites is 1. The normalized spacial score (nSPS) is 9.63. The van der Waals surface area contributed by atoms with Crippen molar-refractivity contribution in [1.29, 1.82) is 0 Å². The number of rotatable bonds is 10. The van der Waals surface area contributed by atoms with E-state index in [-0.39, 0.29) is 0 Å². The second-order valence-electron chi connectivity index (χ2n) is 3.68. The van der Waals surface area contributed by atoms with Crippen molar-refractivity contribution in [3.63, 3.8) is 0 Å². The number of ether oxygens (including phenoxy) is 3. The second-order valence-corrected chi connectivity index (χ2v) is 3.68. The molecule has 0 aliphatic carbocycles. The van der Waals surface area contributed by atoms with E-state index in [9.17, 15) is 0 Å². The van der Waals surface area contributed by atoms with Gasteiger partial charge in [0, 0.05) is 32.8 Å². The van der Waals surface area contributed by atoms with Crippen molar-refractivity contribution >= 4 is 0 Å². The molecule has 1 aromatic carbocycles. The molecular weight excluding hydrogens is 240 g/mol. The molecule has 0 spiro atoms. The van der Waals surface area contributed by atoms with Crippen molar-refractivity contribution in [2.45, 2.75) is 33.6 Å². The molecule has 0 saturated carbocycles. The van der Waals surface area contributed by atoms with Crippen LogP contribution in [0.15, 0.2) is 30.3 Å². The van der Waals surface area contributed by atoms with Crippen molar-refractivity contribution in [2.75, 3.05) is 33.0 Å².